The van der Waals surface area contributed by atoms with Gasteiger partial charge in [-0.2, -0.15) is 0 Å². The number of nitrogens with zero attached hydrogens (tertiary/aromatic N) is 2. The Morgan fingerprint density at radius 2 is 2.20 bits per heavy atom. The molecule has 0 bridgehead atoms. The van der Waals surface area contributed by atoms with E-state index < -0.39 is 0 Å². The minimum atomic E-state index is 0.128. The van der Waals surface area contributed by atoms with E-state index in [1.165, 1.54) is 5.56 Å². The summed E-state index contributed by atoms with van der Waals surface area (Å²) in [6, 6.07) is 4.67. The highest BCUT2D eigenvalue weighted by Gasteiger charge is 2.28. The molecule has 1 fully saturated rings. The minimum Gasteiger partial charge on any atom is -0.376 e. The number of ether oxygens (including phenoxy) is 1. The first kappa shape index (κ1) is 15.3. The van der Waals surface area contributed by atoms with Crippen LogP contribution in [0.4, 0.5) is 5.82 Å². The molecule has 2 atom stereocenters. The first-order valence-corrected chi connectivity index (χ1v) is 7.41. The summed E-state index contributed by atoms with van der Waals surface area (Å²) in [5.74, 6) is 1.03. The summed E-state index contributed by atoms with van der Waals surface area (Å²) >= 11 is 0. The SMILES string of the molecule is CC1OCCC1N(C)c1cc(CNC(C)(C)C)ccn1. The number of likely N-dealkylation sites (N-methyl/N-ethyl adjacent to an activating group) is 1. The van der Waals surface area contributed by atoms with Crippen LogP contribution in [0.5, 0.6) is 0 Å². The number of nitrogens with one attached hydrogen (secondary N) is 1. The predicted octanol–water partition coefficient (Wildman–Crippen LogP) is 2.58. The summed E-state index contributed by atoms with van der Waals surface area (Å²) in [6.07, 6.45) is 3.24. The smallest absolute Gasteiger partial charge is 0.128 e. The molecular formula is C16H27N3O. The number of pyridine rings is 1. The predicted molar refractivity (Wildman–Crippen MR) is 83.1 cm³/mol. The summed E-state index contributed by atoms with van der Waals surface area (Å²) in [6.45, 7) is 10.4. The molecule has 0 radical (unpaired) electrons. The van der Waals surface area contributed by atoms with Gasteiger partial charge in [0.05, 0.1) is 12.1 Å². The van der Waals surface area contributed by atoms with Crippen LogP contribution in [0.1, 0.15) is 39.7 Å². The van der Waals surface area contributed by atoms with Gasteiger partial charge in [0, 0.05) is 31.9 Å². The van der Waals surface area contributed by atoms with Crippen LogP contribution in [0.2, 0.25) is 0 Å². The normalized spacial score (nSPS) is 23.1. The van der Waals surface area contributed by atoms with E-state index in [4.69, 9.17) is 4.74 Å². The van der Waals surface area contributed by atoms with Crippen LogP contribution >= 0.6 is 0 Å². The third-order valence-corrected chi connectivity index (χ3v) is 3.83. The molecule has 0 aromatic carbocycles. The lowest BCUT2D eigenvalue weighted by molar-refractivity contribution is 0.118. The number of anilines is 1. The van der Waals surface area contributed by atoms with Crippen LogP contribution in [0.3, 0.4) is 0 Å². The molecule has 112 valence electrons. The minimum absolute atomic E-state index is 0.128. The van der Waals surface area contributed by atoms with Crippen molar-refractivity contribution in [2.45, 2.75) is 58.3 Å². The average molecular weight is 277 g/mol. The lowest BCUT2D eigenvalue weighted by atomic mass is 10.1. The highest BCUT2D eigenvalue weighted by molar-refractivity contribution is 5.41. The maximum atomic E-state index is 5.65. The zero-order valence-electron chi connectivity index (χ0n) is 13.3. The van der Waals surface area contributed by atoms with Gasteiger partial charge < -0.3 is 15.0 Å². The van der Waals surface area contributed by atoms with Gasteiger partial charge in [-0.15, -0.1) is 0 Å². The van der Waals surface area contributed by atoms with Gasteiger partial charge in [0.1, 0.15) is 5.82 Å². The average Bonchev–Trinajstić information content (AvgIpc) is 2.81. The molecule has 0 saturated carbocycles. The molecule has 4 nitrogen and oxygen atoms in total. The van der Waals surface area contributed by atoms with Crippen LogP contribution in [0, 0.1) is 0 Å². The first-order valence-electron chi connectivity index (χ1n) is 7.41. The van der Waals surface area contributed by atoms with Gasteiger partial charge in [0.2, 0.25) is 0 Å². The molecule has 1 aromatic heterocycles. The fourth-order valence-corrected chi connectivity index (χ4v) is 2.53. The first-order chi connectivity index (χ1) is 9.37. The molecule has 2 rings (SSSR count). The van der Waals surface area contributed by atoms with Crippen molar-refractivity contribution in [1.29, 1.82) is 0 Å². The Morgan fingerprint density at radius 3 is 2.80 bits per heavy atom. The molecule has 1 N–H and O–H groups in total. The van der Waals surface area contributed by atoms with Crippen LogP contribution < -0.4 is 10.2 Å². The molecule has 1 aliphatic heterocycles. The summed E-state index contributed by atoms with van der Waals surface area (Å²) in [5, 5.41) is 3.51. The second-order valence-electron chi connectivity index (χ2n) is 6.67. The third kappa shape index (κ3) is 3.93. The van der Waals surface area contributed by atoms with E-state index in [0.29, 0.717) is 6.04 Å². The fourth-order valence-electron chi connectivity index (χ4n) is 2.53. The van der Waals surface area contributed by atoms with Crippen LogP contribution in [0.15, 0.2) is 18.3 Å². The van der Waals surface area contributed by atoms with E-state index in [0.717, 1.165) is 25.4 Å². The Kier molecular flexibility index (Phi) is 4.66. The van der Waals surface area contributed by atoms with Gasteiger partial charge in [0.15, 0.2) is 0 Å². The largest absolute Gasteiger partial charge is 0.376 e. The van der Waals surface area contributed by atoms with Gasteiger partial charge >= 0.3 is 0 Å². The van der Waals surface area contributed by atoms with Gasteiger partial charge in [-0.05, 0) is 51.8 Å². The van der Waals surface area contributed by atoms with Gasteiger partial charge in [0.25, 0.3) is 0 Å². The molecule has 2 unspecified atom stereocenters. The van der Waals surface area contributed by atoms with Gasteiger partial charge in [-0.25, -0.2) is 4.98 Å². The van der Waals surface area contributed by atoms with E-state index in [1.807, 2.05) is 6.20 Å². The fraction of sp³-hybridized carbons (Fsp3) is 0.688. The molecule has 1 aliphatic rings. The molecule has 1 saturated heterocycles. The highest BCUT2D eigenvalue weighted by Crippen LogP contribution is 2.23. The zero-order valence-corrected chi connectivity index (χ0v) is 13.3. The maximum absolute atomic E-state index is 5.65. The topological polar surface area (TPSA) is 37.4 Å². The zero-order chi connectivity index (χ0) is 14.8. The summed E-state index contributed by atoms with van der Waals surface area (Å²) in [5.41, 5.74) is 1.40. The lowest BCUT2D eigenvalue weighted by Crippen LogP contribution is -2.37. The van der Waals surface area contributed by atoms with Crippen molar-refractivity contribution in [3.8, 4) is 0 Å². The molecule has 20 heavy (non-hydrogen) atoms. The Balaban J connectivity index is 2.05. The molecule has 1 aromatic rings. The van der Waals surface area contributed by atoms with Crippen molar-refractivity contribution >= 4 is 5.82 Å². The number of hydrogen-bond acceptors (Lipinski definition) is 4. The summed E-state index contributed by atoms with van der Waals surface area (Å²) in [4.78, 5) is 6.75. The molecule has 0 aliphatic carbocycles. The number of rotatable bonds is 4. The highest BCUT2D eigenvalue weighted by atomic mass is 16.5. The third-order valence-electron chi connectivity index (χ3n) is 3.83. The van der Waals surface area contributed by atoms with Gasteiger partial charge in [-0.1, -0.05) is 0 Å². The monoisotopic (exact) mass is 277 g/mol. The standard InChI is InChI=1S/C16H27N3O/c1-12-14(7-9-20-12)19(5)15-10-13(6-8-17-15)11-18-16(2,3)4/h6,8,10,12,14,18H,7,9,11H2,1-5H3. The van der Waals surface area contributed by atoms with Crippen molar-refractivity contribution in [3.05, 3.63) is 23.9 Å². The summed E-state index contributed by atoms with van der Waals surface area (Å²) < 4.78 is 5.65. The van der Waals surface area contributed by atoms with Crippen LogP contribution in [-0.2, 0) is 11.3 Å². The molecule has 2 heterocycles. The van der Waals surface area contributed by atoms with Crippen LogP contribution in [-0.4, -0.2) is 36.3 Å². The Hall–Kier alpha value is -1.13. The van der Waals surface area contributed by atoms with Crippen molar-refractivity contribution < 1.29 is 4.74 Å². The molecular weight excluding hydrogens is 250 g/mol. The van der Waals surface area contributed by atoms with E-state index in [2.05, 4.69) is 62.1 Å². The number of hydrogen-bond donors (Lipinski definition) is 1. The Bertz CT molecular complexity index is 442. The Morgan fingerprint density at radius 1 is 1.45 bits per heavy atom. The van der Waals surface area contributed by atoms with E-state index in [9.17, 15) is 0 Å². The van der Waals surface area contributed by atoms with E-state index in [-0.39, 0.29) is 11.6 Å². The lowest BCUT2D eigenvalue weighted by Gasteiger charge is -2.28. The van der Waals surface area contributed by atoms with Crippen molar-refractivity contribution in [3.63, 3.8) is 0 Å². The maximum Gasteiger partial charge on any atom is 0.128 e. The second-order valence-corrected chi connectivity index (χ2v) is 6.67. The second kappa shape index (κ2) is 6.10. The van der Waals surface area contributed by atoms with Crippen molar-refractivity contribution in [2.75, 3.05) is 18.6 Å². The number of aromatic nitrogens is 1. The molecule has 0 spiro atoms. The summed E-state index contributed by atoms with van der Waals surface area (Å²) in [7, 11) is 2.11. The van der Waals surface area contributed by atoms with Crippen LogP contribution in [0.25, 0.3) is 0 Å². The Labute approximate surface area is 122 Å². The van der Waals surface area contributed by atoms with Gasteiger partial charge in [-0.3, -0.25) is 0 Å². The molecule has 0 amide bonds. The van der Waals surface area contributed by atoms with Crippen molar-refractivity contribution in [1.82, 2.24) is 10.3 Å². The van der Waals surface area contributed by atoms with E-state index in [1.54, 1.807) is 0 Å². The van der Waals surface area contributed by atoms with E-state index >= 15 is 0 Å². The molecule has 4 heteroatoms. The van der Waals surface area contributed by atoms with Crippen molar-refractivity contribution in [2.24, 2.45) is 0 Å². The quantitative estimate of drug-likeness (QED) is 0.918.